The summed E-state index contributed by atoms with van der Waals surface area (Å²) in [6, 6.07) is 0.780. The molecule has 2 fully saturated rings. The monoisotopic (exact) mass is 213 g/mol. The molecule has 1 aliphatic carbocycles. The topological polar surface area (TPSA) is 41.5 Å². The van der Waals surface area contributed by atoms with Gasteiger partial charge in [0.2, 0.25) is 0 Å². The summed E-state index contributed by atoms with van der Waals surface area (Å²) in [5, 5.41) is 13.2. The third-order valence-electron chi connectivity index (χ3n) is 3.92. The Labute approximate surface area is 92.2 Å². The van der Waals surface area contributed by atoms with Crippen molar-refractivity contribution in [1.82, 2.24) is 5.32 Å². The second-order valence-corrected chi connectivity index (χ2v) is 5.00. The van der Waals surface area contributed by atoms with Crippen molar-refractivity contribution in [2.24, 2.45) is 5.92 Å². The number of hydrogen-bond donors (Lipinski definition) is 2. The first-order valence-electron chi connectivity index (χ1n) is 6.31. The Hall–Kier alpha value is -0.120. The molecule has 1 saturated carbocycles. The molecule has 3 nitrogen and oxygen atoms in total. The molecule has 0 amide bonds. The van der Waals surface area contributed by atoms with Gasteiger partial charge in [-0.05, 0) is 31.6 Å². The van der Waals surface area contributed by atoms with Crippen molar-refractivity contribution in [3.8, 4) is 0 Å². The molecule has 0 aromatic heterocycles. The molecule has 2 aliphatic rings. The summed E-state index contributed by atoms with van der Waals surface area (Å²) in [4.78, 5) is 0. The summed E-state index contributed by atoms with van der Waals surface area (Å²) >= 11 is 0. The van der Waals surface area contributed by atoms with Crippen molar-refractivity contribution in [2.45, 2.75) is 57.2 Å². The summed E-state index contributed by atoms with van der Waals surface area (Å²) in [6.45, 7) is 3.46. The van der Waals surface area contributed by atoms with Crippen molar-refractivity contribution in [3.63, 3.8) is 0 Å². The van der Waals surface area contributed by atoms with Crippen molar-refractivity contribution < 1.29 is 9.84 Å². The van der Waals surface area contributed by atoms with Crippen LogP contribution in [-0.4, -0.2) is 36.5 Å². The van der Waals surface area contributed by atoms with Crippen LogP contribution >= 0.6 is 0 Å². The fraction of sp³-hybridized carbons (Fsp3) is 1.00. The van der Waals surface area contributed by atoms with Crippen LogP contribution in [0.2, 0.25) is 0 Å². The zero-order chi connectivity index (χ0) is 10.7. The molecule has 88 valence electrons. The first-order chi connectivity index (χ1) is 7.29. The van der Waals surface area contributed by atoms with E-state index in [1.807, 2.05) is 0 Å². The van der Waals surface area contributed by atoms with Gasteiger partial charge in [-0.2, -0.15) is 0 Å². The molecular formula is C12H23NO2. The van der Waals surface area contributed by atoms with Crippen LogP contribution in [0.5, 0.6) is 0 Å². The minimum absolute atomic E-state index is 0.174. The largest absolute Gasteiger partial charge is 0.389 e. The van der Waals surface area contributed by atoms with E-state index in [0.29, 0.717) is 19.3 Å². The molecule has 0 aromatic carbocycles. The zero-order valence-electron chi connectivity index (χ0n) is 9.61. The second-order valence-electron chi connectivity index (χ2n) is 5.00. The van der Waals surface area contributed by atoms with Crippen LogP contribution in [-0.2, 0) is 4.74 Å². The molecule has 2 N–H and O–H groups in total. The Kier molecular flexibility index (Phi) is 4.00. The van der Waals surface area contributed by atoms with Gasteiger partial charge in [0.1, 0.15) is 0 Å². The number of rotatable bonds is 3. The molecule has 2 unspecified atom stereocenters. The minimum Gasteiger partial charge on any atom is -0.389 e. The molecule has 1 saturated heterocycles. The Morgan fingerprint density at radius 2 is 1.93 bits per heavy atom. The van der Waals surface area contributed by atoms with E-state index < -0.39 is 0 Å². The highest BCUT2D eigenvalue weighted by molar-refractivity contribution is 4.86. The minimum atomic E-state index is -0.297. The fourth-order valence-electron chi connectivity index (χ4n) is 2.74. The van der Waals surface area contributed by atoms with Gasteiger partial charge < -0.3 is 15.2 Å². The van der Waals surface area contributed by atoms with E-state index in [1.54, 1.807) is 0 Å². The van der Waals surface area contributed by atoms with Gasteiger partial charge in [0.25, 0.3) is 0 Å². The molecular weight excluding hydrogens is 190 g/mol. The molecule has 0 spiro atoms. The lowest BCUT2D eigenvalue weighted by Gasteiger charge is -2.31. The first kappa shape index (κ1) is 11.4. The third kappa shape index (κ3) is 2.92. The van der Waals surface area contributed by atoms with Crippen molar-refractivity contribution >= 4 is 0 Å². The standard InChI is InChI=1S/C12H23NO2/c1-2-9-3-5-10(6-4-9)13-11-7-15-8-12(11)14/h9-14H,2-8H2,1H3. The quantitative estimate of drug-likeness (QED) is 0.742. The lowest BCUT2D eigenvalue weighted by atomic mass is 9.84. The Morgan fingerprint density at radius 3 is 2.47 bits per heavy atom. The van der Waals surface area contributed by atoms with Gasteiger partial charge in [-0.3, -0.25) is 0 Å². The predicted octanol–water partition coefficient (Wildman–Crippen LogP) is 1.30. The van der Waals surface area contributed by atoms with E-state index in [-0.39, 0.29) is 12.1 Å². The van der Waals surface area contributed by atoms with Gasteiger partial charge >= 0.3 is 0 Å². The fourth-order valence-corrected chi connectivity index (χ4v) is 2.74. The van der Waals surface area contributed by atoms with Crippen LogP contribution in [0, 0.1) is 5.92 Å². The number of ether oxygens (including phenoxy) is 1. The zero-order valence-corrected chi connectivity index (χ0v) is 9.61. The van der Waals surface area contributed by atoms with E-state index in [2.05, 4.69) is 12.2 Å². The van der Waals surface area contributed by atoms with Gasteiger partial charge in [0.05, 0.1) is 25.4 Å². The SMILES string of the molecule is CCC1CCC(NC2COCC2O)CC1. The Bertz CT molecular complexity index is 190. The molecule has 0 aromatic rings. The van der Waals surface area contributed by atoms with Gasteiger partial charge in [-0.1, -0.05) is 13.3 Å². The van der Waals surface area contributed by atoms with E-state index >= 15 is 0 Å². The smallest absolute Gasteiger partial charge is 0.0948 e. The molecule has 1 heterocycles. The van der Waals surface area contributed by atoms with Crippen LogP contribution < -0.4 is 5.32 Å². The molecule has 0 radical (unpaired) electrons. The molecule has 2 atom stereocenters. The Morgan fingerprint density at radius 1 is 1.20 bits per heavy atom. The van der Waals surface area contributed by atoms with Crippen molar-refractivity contribution in [1.29, 1.82) is 0 Å². The molecule has 15 heavy (non-hydrogen) atoms. The second kappa shape index (κ2) is 5.28. The lowest BCUT2D eigenvalue weighted by Crippen LogP contribution is -2.46. The number of hydrogen-bond acceptors (Lipinski definition) is 3. The highest BCUT2D eigenvalue weighted by Crippen LogP contribution is 2.27. The maximum Gasteiger partial charge on any atom is 0.0948 e. The first-order valence-corrected chi connectivity index (χ1v) is 6.31. The molecule has 0 bridgehead atoms. The predicted molar refractivity (Wildman–Crippen MR) is 59.8 cm³/mol. The third-order valence-corrected chi connectivity index (χ3v) is 3.92. The molecule has 3 heteroatoms. The van der Waals surface area contributed by atoms with Crippen LogP contribution in [0.4, 0.5) is 0 Å². The van der Waals surface area contributed by atoms with E-state index in [1.165, 1.54) is 32.1 Å². The van der Waals surface area contributed by atoms with Crippen LogP contribution in [0.3, 0.4) is 0 Å². The van der Waals surface area contributed by atoms with E-state index in [0.717, 1.165) is 5.92 Å². The van der Waals surface area contributed by atoms with Crippen LogP contribution in [0.25, 0.3) is 0 Å². The highest BCUT2D eigenvalue weighted by atomic mass is 16.5. The number of aliphatic hydroxyl groups is 1. The highest BCUT2D eigenvalue weighted by Gasteiger charge is 2.29. The summed E-state index contributed by atoms with van der Waals surface area (Å²) in [7, 11) is 0. The van der Waals surface area contributed by atoms with Gasteiger partial charge in [0, 0.05) is 6.04 Å². The van der Waals surface area contributed by atoms with Gasteiger partial charge in [-0.15, -0.1) is 0 Å². The summed E-state index contributed by atoms with van der Waals surface area (Å²) in [6.07, 6.45) is 6.25. The number of nitrogens with one attached hydrogen (secondary N) is 1. The van der Waals surface area contributed by atoms with Crippen LogP contribution in [0.15, 0.2) is 0 Å². The summed E-state index contributed by atoms with van der Waals surface area (Å²) in [5.41, 5.74) is 0. The average Bonchev–Trinajstić information content (AvgIpc) is 2.66. The van der Waals surface area contributed by atoms with Crippen molar-refractivity contribution in [2.75, 3.05) is 13.2 Å². The van der Waals surface area contributed by atoms with Gasteiger partial charge in [0.15, 0.2) is 0 Å². The van der Waals surface area contributed by atoms with Gasteiger partial charge in [-0.25, -0.2) is 0 Å². The Balaban J connectivity index is 1.72. The van der Waals surface area contributed by atoms with Crippen molar-refractivity contribution in [3.05, 3.63) is 0 Å². The lowest BCUT2D eigenvalue weighted by molar-refractivity contribution is 0.119. The molecule has 2 rings (SSSR count). The van der Waals surface area contributed by atoms with E-state index in [4.69, 9.17) is 4.74 Å². The summed E-state index contributed by atoms with van der Waals surface area (Å²) in [5.74, 6) is 0.938. The summed E-state index contributed by atoms with van der Waals surface area (Å²) < 4.78 is 5.24. The van der Waals surface area contributed by atoms with E-state index in [9.17, 15) is 5.11 Å². The normalized spacial score (nSPS) is 42.0. The maximum atomic E-state index is 9.63. The maximum absolute atomic E-state index is 9.63. The average molecular weight is 213 g/mol. The number of aliphatic hydroxyl groups excluding tert-OH is 1. The van der Waals surface area contributed by atoms with Crippen LogP contribution in [0.1, 0.15) is 39.0 Å². The molecule has 1 aliphatic heterocycles.